The van der Waals surface area contributed by atoms with Gasteiger partial charge in [-0.15, -0.1) is 12.4 Å². The van der Waals surface area contributed by atoms with E-state index in [-0.39, 0.29) is 24.2 Å². The maximum atomic E-state index is 12.3. The van der Waals surface area contributed by atoms with Crippen molar-refractivity contribution in [1.29, 1.82) is 0 Å². The molecule has 0 radical (unpaired) electrons. The molecule has 0 unspecified atom stereocenters. The molecular formula is C14H20BrClN2O. The third-order valence-corrected chi connectivity index (χ3v) is 3.87. The highest BCUT2D eigenvalue weighted by Crippen LogP contribution is 2.17. The van der Waals surface area contributed by atoms with Crippen molar-refractivity contribution in [2.24, 2.45) is 5.92 Å². The van der Waals surface area contributed by atoms with Gasteiger partial charge in [-0.1, -0.05) is 28.1 Å². The molecule has 1 aromatic carbocycles. The fraction of sp³-hybridized carbons (Fsp3) is 0.500. The van der Waals surface area contributed by atoms with Gasteiger partial charge in [0.1, 0.15) is 0 Å². The molecule has 3 nitrogen and oxygen atoms in total. The van der Waals surface area contributed by atoms with Gasteiger partial charge < -0.3 is 10.2 Å². The summed E-state index contributed by atoms with van der Waals surface area (Å²) in [6.07, 6.45) is 1.92. The fourth-order valence-corrected chi connectivity index (χ4v) is 2.81. The summed E-state index contributed by atoms with van der Waals surface area (Å²) in [5.41, 5.74) is 1.16. The lowest BCUT2D eigenvalue weighted by atomic mass is 9.96. The van der Waals surface area contributed by atoms with Gasteiger partial charge in [0.2, 0.25) is 5.91 Å². The van der Waals surface area contributed by atoms with Gasteiger partial charge >= 0.3 is 0 Å². The number of rotatable bonds is 3. The molecule has 5 heteroatoms. The average Bonchev–Trinajstić information content (AvgIpc) is 2.39. The molecule has 1 N–H and O–H groups in total. The van der Waals surface area contributed by atoms with Crippen LogP contribution >= 0.6 is 28.3 Å². The minimum atomic E-state index is 0. The number of halogens is 2. The van der Waals surface area contributed by atoms with Gasteiger partial charge in [-0.2, -0.15) is 0 Å². The Kier molecular flexibility index (Phi) is 6.83. The van der Waals surface area contributed by atoms with E-state index in [9.17, 15) is 4.79 Å². The predicted octanol–water partition coefficient (Wildman–Crippen LogP) is 2.83. The molecule has 2 rings (SSSR count). The second-order valence-electron chi connectivity index (χ2n) is 4.85. The van der Waals surface area contributed by atoms with Gasteiger partial charge in [0.25, 0.3) is 0 Å². The smallest absolute Gasteiger partial charge is 0.225 e. The molecule has 1 aliphatic heterocycles. The number of nitrogens with one attached hydrogen (secondary N) is 1. The van der Waals surface area contributed by atoms with Crippen molar-refractivity contribution >= 4 is 34.2 Å². The van der Waals surface area contributed by atoms with Crippen LogP contribution < -0.4 is 5.32 Å². The summed E-state index contributed by atoms with van der Waals surface area (Å²) in [4.78, 5) is 14.1. The molecule has 0 atom stereocenters. The van der Waals surface area contributed by atoms with Gasteiger partial charge in [-0.3, -0.25) is 4.79 Å². The summed E-state index contributed by atoms with van der Waals surface area (Å²) in [5.74, 6) is 0.472. The number of piperidine rings is 1. The SMILES string of the molecule is CN(Cc1cccc(Br)c1)C(=O)C1CCNCC1.Cl. The molecule has 1 saturated heterocycles. The summed E-state index contributed by atoms with van der Waals surface area (Å²) < 4.78 is 1.06. The van der Waals surface area contributed by atoms with Crippen molar-refractivity contribution in [3.63, 3.8) is 0 Å². The maximum absolute atomic E-state index is 12.3. The molecule has 1 fully saturated rings. The number of carbonyl (C=O) groups is 1. The minimum Gasteiger partial charge on any atom is -0.341 e. The van der Waals surface area contributed by atoms with Gasteiger partial charge in [0.15, 0.2) is 0 Å². The number of hydrogen-bond acceptors (Lipinski definition) is 2. The fourth-order valence-electron chi connectivity index (χ4n) is 2.37. The van der Waals surface area contributed by atoms with Crippen molar-refractivity contribution in [2.75, 3.05) is 20.1 Å². The van der Waals surface area contributed by atoms with E-state index in [1.54, 1.807) is 0 Å². The van der Waals surface area contributed by atoms with Crippen molar-refractivity contribution in [1.82, 2.24) is 10.2 Å². The van der Waals surface area contributed by atoms with E-state index in [1.807, 2.05) is 24.1 Å². The topological polar surface area (TPSA) is 32.3 Å². The van der Waals surface area contributed by atoms with Gasteiger partial charge in [0, 0.05) is 24.0 Å². The van der Waals surface area contributed by atoms with Crippen LogP contribution in [-0.2, 0) is 11.3 Å². The maximum Gasteiger partial charge on any atom is 0.225 e. The van der Waals surface area contributed by atoms with E-state index < -0.39 is 0 Å². The Morgan fingerprint density at radius 1 is 1.42 bits per heavy atom. The predicted molar refractivity (Wildman–Crippen MR) is 83.5 cm³/mol. The lowest BCUT2D eigenvalue weighted by molar-refractivity contribution is -0.135. The molecule has 0 aromatic heterocycles. The third kappa shape index (κ3) is 4.79. The second kappa shape index (κ2) is 7.88. The first-order valence-corrected chi connectivity index (χ1v) is 7.16. The molecule has 1 aliphatic rings. The lowest BCUT2D eigenvalue weighted by Crippen LogP contribution is -2.38. The first-order chi connectivity index (χ1) is 8.66. The van der Waals surface area contributed by atoms with Crippen LogP contribution in [0.2, 0.25) is 0 Å². The standard InChI is InChI=1S/C14H19BrN2O.ClH/c1-17(10-11-3-2-4-13(15)9-11)14(18)12-5-7-16-8-6-12;/h2-4,9,12,16H,5-8,10H2,1H3;1H. The number of carbonyl (C=O) groups excluding carboxylic acids is 1. The molecule has 0 aliphatic carbocycles. The van der Waals surface area contributed by atoms with Crippen LogP contribution in [0.4, 0.5) is 0 Å². The number of amides is 1. The molecular weight excluding hydrogens is 328 g/mol. The first kappa shape index (κ1) is 16.5. The van der Waals surface area contributed by atoms with Gasteiger partial charge in [-0.25, -0.2) is 0 Å². The molecule has 0 spiro atoms. The Balaban J connectivity index is 0.00000180. The molecule has 0 bridgehead atoms. The number of hydrogen-bond donors (Lipinski definition) is 1. The van der Waals surface area contributed by atoms with Crippen LogP contribution in [0.3, 0.4) is 0 Å². The normalized spacial score (nSPS) is 15.7. The summed E-state index contributed by atoms with van der Waals surface area (Å²) in [6, 6.07) is 8.11. The van der Waals surface area contributed by atoms with Crippen molar-refractivity contribution in [3.05, 3.63) is 34.3 Å². The van der Waals surface area contributed by atoms with E-state index in [2.05, 4.69) is 33.4 Å². The van der Waals surface area contributed by atoms with Crippen molar-refractivity contribution < 1.29 is 4.79 Å². The number of nitrogens with zero attached hydrogens (tertiary/aromatic N) is 1. The minimum absolute atomic E-state index is 0. The van der Waals surface area contributed by atoms with Crippen molar-refractivity contribution in [2.45, 2.75) is 19.4 Å². The Morgan fingerprint density at radius 3 is 2.74 bits per heavy atom. The molecule has 106 valence electrons. The van der Waals surface area contributed by atoms with Crippen LogP contribution in [-0.4, -0.2) is 30.9 Å². The summed E-state index contributed by atoms with van der Waals surface area (Å²) in [5, 5.41) is 3.29. The van der Waals surface area contributed by atoms with E-state index in [4.69, 9.17) is 0 Å². The summed E-state index contributed by atoms with van der Waals surface area (Å²) >= 11 is 3.45. The number of benzene rings is 1. The van der Waals surface area contributed by atoms with Gasteiger partial charge in [-0.05, 0) is 43.6 Å². The lowest BCUT2D eigenvalue weighted by Gasteiger charge is -2.27. The highest BCUT2D eigenvalue weighted by Gasteiger charge is 2.23. The zero-order valence-corrected chi connectivity index (χ0v) is 13.5. The summed E-state index contributed by atoms with van der Waals surface area (Å²) in [7, 11) is 1.89. The Bertz CT molecular complexity index is 422. The van der Waals surface area contributed by atoms with Crippen molar-refractivity contribution in [3.8, 4) is 0 Å². The van der Waals surface area contributed by atoms with Crippen LogP contribution in [0, 0.1) is 5.92 Å². The van der Waals surface area contributed by atoms with E-state index in [0.717, 1.165) is 36.0 Å². The molecule has 1 heterocycles. The molecule has 19 heavy (non-hydrogen) atoms. The zero-order chi connectivity index (χ0) is 13.0. The van der Waals surface area contributed by atoms with Crippen LogP contribution in [0.25, 0.3) is 0 Å². The van der Waals surface area contributed by atoms with Gasteiger partial charge in [0.05, 0.1) is 0 Å². The van der Waals surface area contributed by atoms with Crippen LogP contribution in [0.5, 0.6) is 0 Å². The molecule has 1 aromatic rings. The highest BCUT2D eigenvalue weighted by atomic mass is 79.9. The quantitative estimate of drug-likeness (QED) is 0.912. The van der Waals surface area contributed by atoms with Crippen LogP contribution in [0.15, 0.2) is 28.7 Å². The first-order valence-electron chi connectivity index (χ1n) is 6.37. The Morgan fingerprint density at radius 2 is 2.11 bits per heavy atom. The Hall–Kier alpha value is -0.580. The molecule has 0 saturated carbocycles. The average molecular weight is 348 g/mol. The van der Waals surface area contributed by atoms with Crippen LogP contribution in [0.1, 0.15) is 18.4 Å². The van der Waals surface area contributed by atoms with E-state index in [0.29, 0.717) is 6.54 Å². The largest absolute Gasteiger partial charge is 0.341 e. The summed E-state index contributed by atoms with van der Waals surface area (Å²) in [6.45, 7) is 2.60. The van der Waals surface area contributed by atoms with E-state index >= 15 is 0 Å². The monoisotopic (exact) mass is 346 g/mol. The highest BCUT2D eigenvalue weighted by molar-refractivity contribution is 9.10. The third-order valence-electron chi connectivity index (χ3n) is 3.37. The van der Waals surface area contributed by atoms with E-state index in [1.165, 1.54) is 0 Å². The molecule has 1 amide bonds. The Labute approximate surface area is 129 Å². The zero-order valence-electron chi connectivity index (χ0n) is 11.1. The second-order valence-corrected chi connectivity index (χ2v) is 5.76.